The van der Waals surface area contributed by atoms with Crippen LogP contribution >= 0.6 is 0 Å². The first-order valence-corrected chi connectivity index (χ1v) is 8.15. The summed E-state index contributed by atoms with van der Waals surface area (Å²) in [5, 5.41) is 6.09. The second-order valence-corrected chi connectivity index (χ2v) is 7.69. The lowest BCUT2D eigenvalue weighted by molar-refractivity contribution is 0.0476. The van der Waals surface area contributed by atoms with Gasteiger partial charge in [0, 0.05) is 6.04 Å². The number of carbonyl (C=O) groups excluding carboxylic acids is 1. The third-order valence-corrected chi connectivity index (χ3v) is 3.44. The topological polar surface area (TPSA) is 88.7 Å². The summed E-state index contributed by atoms with van der Waals surface area (Å²) in [5.41, 5.74) is 4.92. The molecule has 1 rings (SSSR count). The molecule has 0 saturated heterocycles. The molecule has 0 spiro atoms. The number of rotatable bonds is 4. The van der Waals surface area contributed by atoms with Crippen LogP contribution < -0.4 is 16.4 Å². The van der Waals surface area contributed by atoms with Crippen LogP contribution in [-0.4, -0.2) is 35.8 Å². The second kappa shape index (κ2) is 7.70. The quantitative estimate of drug-likeness (QED) is 0.550. The lowest BCUT2D eigenvalue weighted by Crippen LogP contribution is -2.49. The number of aliphatic imine (C=N–C) groups is 1. The largest absolute Gasteiger partial charge is 0.444 e. The van der Waals surface area contributed by atoms with Gasteiger partial charge in [-0.1, -0.05) is 19.3 Å². The number of hydrogen-bond donors (Lipinski definition) is 3. The average Bonchev–Trinajstić information content (AvgIpc) is 2.34. The van der Waals surface area contributed by atoms with Gasteiger partial charge >= 0.3 is 6.09 Å². The molecule has 1 amide bonds. The van der Waals surface area contributed by atoms with Gasteiger partial charge in [-0.15, -0.1) is 0 Å². The minimum absolute atomic E-state index is 0.401. The molecule has 1 fully saturated rings. The summed E-state index contributed by atoms with van der Waals surface area (Å²) in [6, 6.07) is 0.430. The van der Waals surface area contributed by atoms with Crippen LogP contribution in [0.5, 0.6) is 0 Å². The van der Waals surface area contributed by atoms with Crippen LogP contribution in [0.2, 0.25) is 0 Å². The highest BCUT2D eigenvalue weighted by Crippen LogP contribution is 2.17. The molecule has 0 aromatic rings. The van der Waals surface area contributed by atoms with Gasteiger partial charge in [0.15, 0.2) is 5.96 Å². The van der Waals surface area contributed by atoms with Crippen LogP contribution in [0, 0.1) is 0 Å². The molecule has 0 aromatic carbocycles. The Morgan fingerprint density at radius 3 is 2.32 bits per heavy atom. The van der Waals surface area contributed by atoms with E-state index in [1.807, 2.05) is 34.6 Å². The van der Waals surface area contributed by atoms with E-state index in [2.05, 4.69) is 15.6 Å². The minimum atomic E-state index is -0.513. The van der Waals surface area contributed by atoms with E-state index in [-0.39, 0.29) is 0 Å². The van der Waals surface area contributed by atoms with Gasteiger partial charge in [-0.2, -0.15) is 0 Å². The van der Waals surface area contributed by atoms with E-state index >= 15 is 0 Å². The van der Waals surface area contributed by atoms with Crippen molar-refractivity contribution in [3.05, 3.63) is 0 Å². The second-order valence-electron chi connectivity index (χ2n) is 7.69. The van der Waals surface area contributed by atoms with E-state index in [1.165, 1.54) is 19.3 Å². The first-order chi connectivity index (χ1) is 10.1. The van der Waals surface area contributed by atoms with Gasteiger partial charge in [-0.25, -0.2) is 4.79 Å². The van der Waals surface area contributed by atoms with E-state index in [1.54, 1.807) is 0 Å². The molecule has 0 bridgehead atoms. The fourth-order valence-electron chi connectivity index (χ4n) is 2.40. The standard InChI is InChI=1S/C16H32N4O2/c1-15(2,3)22-14(21)20-16(4,5)11-18-13(17)19-12-9-7-6-8-10-12/h12H,6-11H2,1-5H3,(H,20,21)(H3,17,18,19). The van der Waals surface area contributed by atoms with Crippen molar-refractivity contribution in [2.45, 2.75) is 83.9 Å². The van der Waals surface area contributed by atoms with Crippen molar-refractivity contribution in [2.75, 3.05) is 6.54 Å². The molecule has 128 valence electrons. The van der Waals surface area contributed by atoms with E-state index in [9.17, 15) is 4.79 Å². The van der Waals surface area contributed by atoms with E-state index < -0.39 is 17.2 Å². The molecule has 0 atom stereocenters. The maximum absolute atomic E-state index is 11.8. The van der Waals surface area contributed by atoms with Crippen LogP contribution in [0.3, 0.4) is 0 Å². The van der Waals surface area contributed by atoms with Crippen molar-refractivity contribution in [1.29, 1.82) is 0 Å². The molecule has 0 heterocycles. The lowest BCUT2D eigenvalue weighted by Gasteiger charge is -2.28. The number of guanidine groups is 1. The third kappa shape index (κ3) is 8.10. The van der Waals surface area contributed by atoms with Crippen molar-refractivity contribution < 1.29 is 9.53 Å². The van der Waals surface area contributed by atoms with Crippen LogP contribution in [0.4, 0.5) is 4.79 Å². The minimum Gasteiger partial charge on any atom is -0.444 e. The highest BCUT2D eigenvalue weighted by molar-refractivity contribution is 5.78. The van der Waals surface area contributed by atoms with Crippen molar-refractivity contribution in [3.63, 3.8) is 0 Å². The number of nitrogens with one attached hydrogen (secondary N) is 2. The Labute approximate surface area is 134 Å². The Morgan fingerprint density at radius 1 is 1.18 bits per heavy atom. The molecular formula is C16H32N4O2. The van der Waals surface area contributed by atoms with Crippen LogP contribution in [0.15, 0.2) is 4.99 Å². The maximum atomic E-state index is 11.8. The van der Waals surface area contributed by atoms with Crippen molar-refractivity contribution in [2.24, 2.45) is 10.7 Å². The van der Waals surface area contributed by atoms with Crippen LogP contribution in [0.25, 0.3) is 0 Å². The third-order valence-electron chi connectivity index (χ3n) is 3.44. The number of nitrogens with two attached hydrogens (primary N) is 1. The summed E-state index contributed by atoms with van der Waals surface area (Å²) in [6.07, 6.45) is 5.66. The van der Waals surface area contributed by atoms with Gasteiger partial charge < -0.3 is 21.1 Å². The zero-order valence-electron chi connectivity index (χ0n) is 14.7. The number of ether oxygens (including phenoxy) is 1. The Kier molecular flexibility index (Phi) is 6.50. The molecular weight excluding hydrogens is 280 g/mol. The van der Waals surface area contributed by atoms with Gasteiger partial charge in [-0.3, -0.25) is 4.99 Å². The molecule has 6 heteroatoms. The van der Waals surface area contributed by atoms with Crippen molar-refractivity contribution in [1.82, 2.24) is 10.6 Å². The number of hydrogen-bond acceptors (Lipinski definition) is 3. The molecule has 0 unspecified atom stereocenters. The molecule has 6 nitrogen and oxygen atoms in total. The van der Waals surface area contributed by atoms with Crippen LogP contribution in [-0.2, 0) is 4.74 Å². The molecule has 0 aromatic heterocycles. The summed E-state index contributed by atoms with van der Waals surface area (Å²) in [6.45, 7) is 9.71. The van der Waals surface area contributed by atoms with Gasteiger partial charge in [0.25, 0.3) is 0 Å². The van der Waals surface area contributed by atoms with Gasteiger partial charge in [0.1, 0.15) is 5.60 Å². The lowest BCUT2D eigenvalue weighted by atomic mass is 9.96. The fraction of sp³-hybridized carbons (Fsp3) is 0.875. The zero-order valence-corrected chi connectivity index (χ0v) is 14.7. The molecule has 4 N–H and O–H groups in total. The summed E-state index contributed by atoms with van der Waals surface area (Å²) < 4.78 is 5.26. The van der Waals surface area contributed by atoms with E-state index in [0.29, 0.717) is 18.5 Å². The normalized spacial score (nSPS) is 18.0. The first kappa shape index (κ1) is 18.6. The predicted molar refractivity (Wildman–Crippen MR) is 89.9 cm³/mol. The zero-order chi connectivity index (χ0) is 16.8. The molecule has 1 aliphatic rings. The van der Waals surface area contributed by atoms with Crippen molar-refractivity contribution >= 4 is 12.1 Å². The monoisotopic (exact) mass is 312 g/mol. The maximum Gasteiger partial charge on any atom is 0.408 e. The number of nitrogens with zero attached hydrogens (tertiary/aromatic N) is 1. The summed E-state index contributed by atoms with van der Waals surface area (Å²) in [5.74, 6) is 0.450. The molecule has 1 saturated carbocycles. The number of carbonyl (C=O) groups is 1. The smallest absolute Gasteiger partial charge is 0.408 e. The van der Waals surface area contributed by atoms with E-state index in [4.69, 9.17) is 10.5 Å². The molecule has 1 aliphatic carbocycles. The van der Waals surface area contributed by atoms with Gasteiger partial charge in [0.2, 0.25) is 0 Å². The fourth-order valence-corrected chi connectivity index (χ4v) is 2.40. The Morgan fingerprint density at radius 2 is 1.77 bits per heavy atom. The van der Waals surface area contributed by atoms with Gasteiger partial charge in [-0.05, 0) is 47.5 Å². The number of alkyl carbamates (subject to hydrolysis) is 1. The predicted octanol–water partition coefficient (Wildman–Crippen LogP) is 2.53. The van der Waals surface area contributed by atoms with Crippen molar-refractivity contribution in [3.8, 4) is 0 Å². The average molecular weight is 312 g/mol. The summed E-state index contributed by atoms with van der Waals surface area (Å²) in [7, 11) is 0. The molecule has 0 radical (unpaired) electrons. The van der Waals surface area contributed by atoms with Gasteiger partial charge in [0.05, 0.1) is 12.1 Å². The Hall–Kier alpha value is -1.46. The molecule has 0 aliphatic heterocycles. The van der Waals surface area contributed by atoms with Crippen LogP contribution in [0.1, 0.15) is 66.7 Å². The summed E-state index contributed by atoms with van der Waals surface area (Å²) >= 11 is 0. The Balaban J connectivity index is 2.42. The Bertz CT molecular complexity index is 393. The summed E-state index contributed by atoms with van der Waals surface area (Å²) in [4.78, 5) is 16.2. The highest BCUT2D eigenvalue weighted by atomic mass is 16.6. The highest BCUT2D eigenvalue weighted by Gasteiger charge is 2.24. The number of amides is 1. The molecule has 22 heavy (non-hydrogen) atoms. The van der Waals surface area contributed by atoms with E-state index in [0.717, 1.165) is 12.8 Å². The SMILES string of the molecule is CC(C)(CN=C(N)NC1CCCCC1)NC(=O)OC(C)(C)C. The first-order valence-electron chi connectivity index (χ1n) is 8.15.